The number of hydrogen-bond acceptors (Lipinski definition) is 7. The average Bonchev–Trinajstić information content (AvgIpc) is 3.25. The summed E-state index contributed by atoms with van der Waals surface area (Å²) >= 11 is 0.919. The smallest absolute Gasteiger partial charge is 0.294 e. The number of nitrogens with one attached hydrogen (secondary N) is 1. The van der Waals surface area contributed by atoms with Gasteiger partial charge in [0.2, 0.25) is 5.96 Å². The molecule has 0 saturated heterocycles. The second-order valence-electron chi connectivity index (χ2n) is 5.19. The standard InChI is InChI=1S/C15H11N5O3S/c21-14(9-7-12(20(22)23)24-8-9)18-15-17-11-4-2-1-3-10(11)13-16-5-6-19(13)15/h1-4,7-8H,5-6H2,(H,17,18,21). The van der Waals surface area contributed by atoms with E-state index in [9.17, 15) is 14.9 Å². The summed E-state index contributed by atoms with van der Waals surface area (Å²) in [6.07, 6.45) is 0. The highest BCUT2D eigenvalue weighted by Crippen LogP contribution is 2.28. The molecule has 8 nitrogen and oxygen atoms in total. The van der Waals surface area contributed by atoms with Gasteiger partial charge in [-0.2, -0.15) is 0 Å². The zero-order chi connectivity index (χ0) is 16.7. The van der Waals surface area contributed by atoms with E-state index in [1.54, 1.807) is 0 Å². The van der Waals surface area contributed by atoms with E-state index in [1.165, 1.54) is 11.4 Å². The molecule has 1 N–H and O–H groups in total. The summed E-state index contributed by atoms with van der Waals surface area (Å²) in [7, 11) is 0. The SMILES string of the molecule is O=C(NC1=Nc2ccccc2C2=NCCN12)c1csc([N+](=O)[O-])c1. The summed E-state index contributed by atoms with van der Waals surface area (Å²) in [5.41, 5.74) is 1.91. The number of amidine groups is 1. The molecule has 2 aromatic rings. The summed E-state index contributed by atoms with van der Waals surface area (Å²) < 4.78 is 0. The first kappa shape index (κ1) is 14.5. The fourth-order valence-electron chi connectivity index (χ4n) is 2.63. The van der Waals surface area contributed by atoms with Crippen LogP contribution in [0, 0.1) is 10.1 Å². The van der Waals surface area contributed by atoms with Crippen molar-refractivity contribution in [2.75, 3.05) is 13.1 Å². The minimum Gasteiger partial charge on any atom is -0.294 e. The van der Waals surface area contributed by atoms with E-state index >= 15 is 0 Å². The molecule has 0 aliphatic carbocycles. The summed E-state index contributed by atoms with van der Waals surface area (Å²) in [5.74, 6) is 0.750. The van der Waals surface area contributed by atoms with E-state index in [0.717, 1.165) is 28.4 Å². The Kier molecular flexibility index (Phi) is 3.35. The minimum absolute atomic E-state index is 0.0699. The molecule has 0 atom stereocenters. The first-order valence-electron chi connectivity index (χ1n) is 7.18. The molecule has 0 unspecified atom stereocenters. The first-order chi connectivity index (χ1) is 11.6. The number of amides is 1. The van der Waals surface area contributed by atoms with Crippen molar-refractivity contribution < 1.29 is 9.72 Å². The molecule has 0 bridgehead atoms. The van der Waals surface area contributed by atoms with E-state index in [0.29, 0.717) is 19.0 Å². The van der Waals surface area contributed by atoms with E-state index in [1.807, 2.05) is 29.2 Å². The number of carbonyl (C=O) groups is 1. The van der Waals surface area contributed by atoms with Gasteiger partial charge in [0.15, 0.2) is 0 Å². The molecule has 3 heterocycles. The lowest BCUT2D eigenvalue weighted by Gasteiger charge is -2.27. The third kappa shape index (κ3) is 2.35. The molecule has 24 heavy (non-hydrogen) atoms. The van der Waals surface area contributed by atoms with Gasteiger partial charge in [0.25, 0.3) is 5.91 Å². The molecule has 0 spiro atoms. The summed E-state index contributed by atoms with van der Waals surface area (Å²) in [6.45, 7) is 1.26. The number of nitro groups is 1. The molecule has 0 fully saturated rings. The van der Waals surface area contributed by atoms with Crippen LogP contribution in [0.25, 0.3) is 0 Å². The van der Waals surface area contributed by atoms with Crippen molar-refractivity contribution in [1.82, 2.24) is 10.2 Å². The highest BCUT2D eigenvalue weighted by Gasteiger charge is 2.30. The number of thiophene rings is 1. The maximum Gasteiger partial charge on any atom is 0.324 e. The van der Waals surface area contributed by atoms with Gasteiger partial charge in [-0.15, -0.1) is 0 Å². The van der Waals surface area contributed by atoms with Gasteiger partial charge in [-0.25, -0.2) is 4.99 Å². The Morgan fingerprint density at radius 1 is 1.38 bits per heavy atom. The molecule has 1 aromatic carbocycles. The maximum absolute atomic E-state index is 12.4. The number of hydrogen-bond donors (Lipinski definition) is 1. The first-order valence-corrected chi connectivity index (χ1v) is 8.06. The zero-order valence-electron chi connectivity index (χ0n) is 12.3. The zero-order valence-corrected chi connectivity index (χ0v) is 13.1. The van der Waals surface area contributed by atoms with E-state index < -0.39 is 10.8 Å². The van der Waals surface area contributed by atoms with Crippen molar-refractivity contribution in [2.24, 2.45) is 9.98 Å². The van der Waals surface area contributed by atoms with E-state index in [4.69, 9.17) is 0 Å². The predicted molar refractivity (Wildman–Crippen MR) is 90.1 cm³/mol. The van der Waals surface area contributed by atoms with Crippen LogP contribution in [0.15, 0.2) is 45.7 Å². The second-order valence-corrected chi connectivity index (χ2v) is 6.08. The topological polar surface area (TPSA) is 100 Å². The van der Waals surface area contributed by atoms with E-state index in [-0.39, 0.29) is 10.6 Å². The van der Waals surface area contributed by atoms with Gasteiger partial charge in [-0.1, -0.05) is 23.5 Å². The molecule has 2 aliphatic rings. The third-order valence-electron chi connectivity index (χ3n) is 3.72. The monoisotopic (exact) mass is 341 g/mol. The highest BCUT2D eigenvalue weighted by atomic mass is 32.1. The Labute approximate surface area is 140 Å². The van der Waals surface area contributed by atoms with Crippen LogP contribution in [0.5, 0.6) is 0 Å². The molecule has 120 valence electrons. The van der Waals surface area contributed by atoms with Crippen molar-refractivity contribution in [2.45, 2.75) is 0 Å². The Bertz CT molecular complexity index is 917. The minimum atomic E-state index is -0.513. The Balaban J connectivity index is 1.64. The summed E-state index contributed by atoms with van der Waals surface area (Å²) in [6, 6.07) is 8.85. The van der Waals surface area contributed by atoms with Crippen LogP contribution in [-0.4, -0.2) is 40.6 Å². The van der Waals surface area contributed by atoms with Crippen LogP contribution in [0.3, 0.4) is 0 Å². The number of benzene rings is 1. The van der Waals surface area contributed by atoms with Gasteiger partial charge in [-0.3, -0.25) is 30.1 Å². The van der Waals surface area contributed by atoms with Crippen LogP contribution in [0.2, 0.25) is 0 Å². The summed E-state index contributed by atoms with van der Waals surface area (Å²) in [4.78, 5) is 33.4. The number of rotatable bonds is 2. The molecule has 0 radical (unpaired) electrons. The molecule has 1 amide bonds. The fraction of sp³-hybridized carbons (Fsp3) is 0.133. The van der Waals surface area contributed by atoms with Gasteiger partial charge in [0.05, 0.1) is 22.7 Å². The number of fused-ring (bicyclic) bond motifs is 3. The largest absolute Gasteiger partial charge is 0.324 e. The number of guanidine groups is 1. The molecule has 9 heteroatoms. The lowest BCUT2D eigenvalue weighted by Crippen LogP contribution is -2.47. The lowest BCUT2D eigenvalue weighted by atomic mass is 10.1. The van der Waals surface area contributed by atoms with Gasteiger partial charge in [-0.05, 0) is 12.1 Å². The molecule has 0 saturated carbocycles. The third-order valence-corrected chi connectivity index (χ3v) is 4.60. The summed E-state index contributed by atoms with van der Waals surface area (Å²) in [5, 5.41) is 14.9. The Morgan fingerprint density at radius 3 is 3.00 bits per heavy atom. The molecule has 2 aliphatic heterocycles. The highest BCUT2D eigenvalue weighted by molar-refractivity contribution is 7.13. The van der Waals surface area contributed by atoms with Crippen LogP contribution in [-0.2, 0) is 0 Å². The van der Waals surface area contributed by atoms with Gasteiger partial charge < -0.3 is 0 Å². The van der Waals surface area contributed by atoms with Crippen molar-refractivity contribution in [3.63, 3.8) is 0 Å². The van der Waals surface area contributed by atoms with E-state index in [2.05, 4.69) is 15.3 Å². The van der Waals surface area contributed by atoms with Crippen molar-refractivity contribution in [3.05, 3.63) is 57.0 Å². The fourth-order valence-corrected chi connectivity index (χ4v) is 3.33. The number of carbonyl (C=O) groups excluding carboxylic acids is 1. The number of nitrogens with zero attached hydrogens (tertiary/aromatic N) is 4. The molecular weight excluding hydrogens is 330 g/mol. The van der Waals surface area contributed by atoms with Crippen LogP contribution >= 0.6 is 11.3 Å². The van der Waals surface area contributed by atoms with Gasteiger partial charge in [0, 0.05) is 23.6 Å². The average molecular weight is 341 g/mol. The van der Waals surface area contributed by atoms with Gasteiger partial charge in [0.1, 0.15) is 5.84 Å². The van der Waals surface area contributed by atoms with Crippen molar-refractivity contribution >= 4 is 39.7 Å². The van der Waals surface area contributed by atoms with Crippen LogP contribution < -0.4 is 5.32 Å². The number of para-hydroxylation sites is 1. The second kappa shape index (κ2) is 5.53. The van der Waals surface area contributed by atoms with Crippen LogP contribution in [0.1, 0.15) is 15.9 Å². The quantitative estimate of drug-likeness (QED) is 0.668. The van der Waals surface area contributed by atoms with Crippen molar-refractivity contribution in [1.29, 1.82) is 0 Å². The lowest BCUT2D eigenvalue weighted by molar-refractivity contribution is -0.380. The Morgan fingerprint density at radius 2 is 2.21 bits per heavy atom. The number of aliphatic imine (C=N–C) groups is 2. The molecule has 1 aromatic heterocycles. The predicted octanol–water partition coefficient (Wildman–Crippen LogP) is 2.15. The van der Waals surface area contributed by atoms with Crippen molar-refractivity contribution in [3.8, 4) is 0 Å². The normalized spacial score (nSPS) is 15.2. The molecular formula is C15H11N5O3S. The Hall–Kier alpha value is -3.07. The molecule has 4 rings (SSSR count). The van der Waals surface area contributed by atoms with Gasteiger partial charge >= 0.3 is 5.00 Å². The maximum atomic E-state index is 12.4. The van der Waals surface area contributed by atoms with Crippen LogP contribution in [0.4, 0.5) is 10.7 Å².